The molecule has 0 unspecified atom stereocenters. The van der Waals surface area contributed by atoms with Gasteiger partial charge < -0.3 is 29.5 Å². The Morgan fingerprint density at radius 1 is 1.28 bits per heavy atom. The van der Waals surface area contributed by atoms with Crippen LogP contribution in [0.3, 0.4) is 0 Å². The summed E-state index contributed by atoms with van der Waals surface area (Å²) in [7, 11) is 0. The Labute approximate surface area is 204 Å². The molecule has 5 rings (SSSR count). The molecule has 1 spiro atoms. The van der Waals surface area contributed by atoms with E-state index in [0.29, 0.717) is 18.4 Å². The Kier molecular flexibility index (Phi) is 5.49. The molecule has 2 aromatic rings. The van der Waals surface area contributed by atoms with Crippen LogP contribution in [0.2, 0.25) is 0 Å². The van der Waals surface area contributed by atoms with E-state index in [4.69, 9.17) is 9.57 Å². The number of hydrogen-bond donors (Lipinski definition) is 2. The van der Waals surface area contributed by atoms with Crippen molar-refractivity contribution in [3.8, 4) is 5.75 Å². The van der Waals surface area contributed by atoms with E-state index in [2.05, 4.69) is 10.5 Å². The molecule has 1 fully saturated rings. The molecule has 4 heterocycles. The second-order valence-corrected chi connectivity index (χ2v) is 9.34. The van der Waals surface area contributed by atoms with Crippen LogP contribution in [0, 0.1) is 18.6 Å². The quantitative estimate of drug-likeness (QED) is 0.664. The average molecular weight is 502 g/mol. The number of nitrogens with zero attached hydrogens (tertiary/aromatic N) is 3. The highest BCUT2D eigenvalue weighted by Crippen LogP contribution is 2.44. The zero-order valence-electron chi connectivity index (χ0n) is 19.8. The van der Waals surface area contributed by atoms with Crippen molar-refractivity contribution in [1.82, 2.24) is 14.8 Å². The molecule has 3 aliphatic rings. The fourth-order valence-electron chi connectivity index (χ4n) is 5.01. The number of pyridine rings is 1. The number of amides is 2. The summed E-state index contributed by atoms with van der Waals surface area (Å²) in [5.74, 6) is -5.18. The van der Waals surface area contributed by atoms with E-state index in [1.165, 1.54) is 16.4 Å². The number of rotatable bonds is 3. The van der Waals surface area contributed by atoms with Gasteiger partial charge in [0.25, 0.3) is 17.6 Å². The number of hydrogen-bond acceptors (Lipinski definition) is 7. The SMILES string of the molecule is CC1=NO[C@@]2(CC[C@H](C)N3C[C@H]2n2cc(C(=O)NCc4c(F)cc(C)cc4F)c(=O)c(O)c2C3=O)O1. The summed E-state index contributed by atoms with van der Waals surface area (Å²) in [6.45, 7) is 4.57. The number of aryl methyl sites for hydroxylation is 1. The summed E-state index contributed by atoms with van der Waals surface area (Å²) in [6.07, 6.45) is 2.00. The molecule has 10 nitrogen and oxygen atoms in total. The van der Waals surface area contributed by atoms with Crippen molar-refractivity contribution in [2.75, 3.05) is 6.54 Å². The first-order valence-corrected chi connectivity index (χ1v) is 11.5. The molecule has 2 bridgehead atoms. The predicted molar refractivity (Wildman–Crippen MR) is 121 cm³/mol. The molecule has 2 N–H and O–H groups in total. The van der Waals surface area contributed by atoms with Gasteiger partial charge in [0.15, 0.2) is 11.4 Å². The third-order valence-corrected chi connectivity index (χ3v) is 6.93. The summed E-state index contributed by atoms with van der Waals surface area (Å²) in [5.41, 5.74) is -1.89. The van der Waals surface area contributed by atoms with Crippen LogP contribution in [0.5, 0.6) is 5.75 Å². The van der Waals surface area contributed by atoms with Crippen LogP contribution in [0.25, 0.3) is 0 Å². The molecule has 1 aromatic carbocycles. The minimum Gasteiger partial charge on any atom is -0.503 e. The first kappa shape index (κ1) is 23.8. The summed E-state index contributed by atoms with van der Waals surface area (Å²) in [5, 5.41) is 17.0. The maximum atomic E-state index is 14.2. The topological polar surface area (TPSA) is 122 Å². The Morgan fingerprint density at radius 2 is 1.97 bits per heavy atom. The average Bonchev–Trinajstić information content (AvgIpc) is 3.14. The van der Waals surface area contributed by atoms with Gasteiger partial charge in [-0.1, -0.05) is 0 Å². The highest BCUT2D eigenvalue weighted by Gasteiger charge is 2.55. The maximum Gasteiger partial charge on any atom is 0.299 e. The van der Waals surface area contributed by atoms with E-state index in [0.717, 1.165) is 18.3 Å². The molecule has 190 valence electrons. The normalized spacial score (nSPS) is 24.5. The molecule has 0 radical (unpaired) electrons. The molecular formula is C24H24F2N4O6. The lowest BCUT2D eigenvalue weighted by Gasteiger charge is -2.40. The van der Waals surface area contributed by atoms with Gasteiger partial charge in [-0.25, -0.2) is 8.78 Å². The van der Waals surface area contributed by atoms with E-state index in [-0.39, 0.29) is 29.7 Å². The van der Waals surface area contributed by atoms with Gasteiger partial charge in [-0.05, 0) is 43.1 Å². The van der Waals surface area contributed by atoms with Crippen molar-refractivity contribution in [2.24, 2.45) is 5.16 Å². The monoisotopic (exact) mass is 502 g/mol. The van der Waals surface area contributed by atoms with Crippen molar-refractivity contribution in [2.45, 2.75) is 58.0 Å². The second-order valence-electron chi connectivity index (χ2n) is 9.34. The Morgan fingerprint density at radius 3 is 2.61 bits per heavy atom. The molecule has 36 heavy (non-hydrogen) atoms. The van der Waals surface area contributed by atoms with Crippen LogP contribution >= 0.6 is 0 Å². The molecule has 3 aliphatic heterocycles. The zero-order chi connectivity index (χ0) is 25.9. The predicted octanol–water partition coefficient (Wildman–Crippen LogP) is 2.33. The van der Waals surface area contributed by atoms with E-state index >= 15 is 0 Å². The number of fused-ring (bicyclic) bond motifs is 5. The first-order chi connectivity index (χ1) is 17.0. The van der Waals surface area contributed by atoms with Crippen molar-refractivity contribution in [1.29, 1.82) is 0 Å². The smallest absolute Gasteiger partial charge is 0.299 e. The van der Waals surface area contributed by atoms with Crippen LogP contribution in [-0.4, -0.2) is 50.7 Å². The number of ether oxygens (including phenoxy) is 1. The Bertz CT molecular complexity index is 1370. The van der Waals surface area contributed by atoms with Gasteiger partial charge in [0, 0.05) is 44.2 Å². The lowest BCUT2D eigenvalue weighted by atomic mass is 9.99. The van der Waals surface area contributed by atoms with Crippen LogP contribution in [0.15, 0.2) is 28.3 Å². The molecule has 2 amide bonds. The summed E-state index contributed by atoms with van der Waals surface area (Å²) in [4.78, 5) is 46.3. The number of nitrogens with one attached hydrogen (secondary N) is 1. The molecule has 0 saturated carbocycles. The van der Waals surface area contributed by atoms with Crippen molar-refractivity contribution in [3.05, 3.63) is 62.6 Å². The molecule has 0 aliphatic carbocycles. The van der Waals surface area contributed by atoms with Gasteiger partial charge in [-0.2, -0.15) is 0 Å². The number of aromatic nitrogens is 1. The van der Waals surface area contributed by atoms with Crippen LogP contribution in [-0.2, 0) is 16.1 Å². The highest BCUT2D eigenvalue weighted by atomic mass is 19.1. The zero-order valence-corrected chi connectivity index (χ0v) is 19.8. The standard InChI is InChI=1S/C24H24F2N4O6/c1-11-6-16(25)14(17(26)7-11)8-27-22(33)15-9-30-18-10-29(23(34)19(30)21(32)20(15)31)12(2)4-5-24(18)35-13(3)28-36-24/h6-7,9,12,18,32H,4-5,8,10H2,1-3H3,(H,27,33)/t12-,18+,24+/m0/s1. The van der Waals surface area contributed by atoms with Crippen molar-refractivity contribution in [3.63, 3.8) is 0 Å². The fourth-order valence-corrected chi connectivity index (χ4v) is 5.01. The van der Waals surface area contributed by atoms with E-state index in [1.807, 2.05) is 6.92 Å². The third kappa shape index (κ3) is 3.59. The van der Waals surface area contributed by atoms with Crippen LogP contribution in [0.1, 0.15) is 64.7 Å². The molecule has 3 atom stereocenters. The molecule has 1 saturated heterocycles. The lowest BCUT2D eigenvalue weighted by molar-refractivity contribution is -0.194. The fraction of sp³-hybridized carbons (Fsp3) is 0.417. The van der Waals surface area contributed by atoms with E-state index < -0.39 is 58.6 Å². The summed E-state index contributed by atoms with van der Waals surface area (Å²) >= 11 is 0. The Balaban J connectivity index is 1.55. The van der Waals surface area contributed by atoms with Gasteiger partial charge in [0.2, 0.25) is 11.3 Å². The lowest BCUT2D eigenvalue weighted by Crippen LogP contribution is -2.53. The molecule has 1 aromatic heterocycles. The molecular weight excluding hydrogens is 478 g/mol. The minimum atomic E-state index is -1.31. The number of carbonyl (C=O) groups is 2. The minimum absolute atomic E-state index is 0.124. The first-order valence-electron chi connectivity index (χ1n) is 11.5. The number of benzene rings is 1. The van der Waals surface area contributed by atoms with E-state index in [9.17, 15) is 28.3 Å². The van der Waals surface area contributed by atoms with Crippen molar-refractivity contribution < 1.29 is 33.1 Å². The summed E-state index contributed by atoms with van der Waals surface area (Å²) < 4.78 is 35.7. The summed E-state index contributed by atoms with van der Waals surface area (Å²) in [6, 6.07) is 1.26. The van der Waals surface area contributed by atoms with E-state index in [1.54, 1.807) is 6.92 Å². The highest BCUT2D eigenvalue weighted by molar-refractivity contribution is 5.99. The largest absolute Gasteiger partial charge is 0.503 e. The van der Waals surface area contributed by atoms with Gasteiger partial charge in [-0.15, -0.1) is 0 Å². The van der Waals surface area contributed by atoms with Gasteiger partial charge in [0.05, 0.1) is 0 Å². The number of carbonyl (C=O) groups excluding carboxylic acids is 2. The van der Waals surface area contributed by atoms with Gasteiger partial charge in [0.1, 0.15) is 23.2 Å². The van der Waals surface area contributed by atoms with Gasteiger partial charge in [-0.3, -0.25) is 14.4 Å². The third-order valence-electron chi connectivity index (χ3n) is 6.93. The maximum absolute atomic E-state index is 14.2. The van der Waals surface area contributed by atoms with Crippen molar-refractivity contribution >= 4 is 17.7 Å². The van der Waals surface area contributed by atoms with Crippen LogP contribution in [0.4, 0.5) is 8.78 Å². The number of aromatic hydroxyl groups is 1. The Hall–Kier alpha value is -3.96. The van der Waals surface area contributed by atoms with Crippen LogP contribution < -0.4 is 10.7 Å². The number of oxime groups is 1. The second kappa shape index (κ2) is 8.32. The number of halogens is 2. The molecule has 12 heteroatoms. The van der Waals surface area contributed by atoms with Gasteiger partial charge >= 0.3 is 0 Å².